The average molecular weight is 831 g/mol. The smallest absolute Gasteiger partial charge is 0.0547 e. The predicted molar refractivity (Wildman–Crippen MR) is 275 cm³/mol. The molecule has 0 N–H and O–H groups in total. The third-order valence-electron chi connectivity index (χ3n) is 13.6. The van der Waals surface area contributed by atoms with Gasteiger partial charge < -0.3 is 9.47 Å². The number of aromatic nitrogens is 1. The minimum Gasteiger partial charge on any atom is -0.310 e. The number of rotatable bonds is 8. The van der Waals surface area contributed by atoms with Crippen LogP contribution < -0.4 is 4.90 Å². The summed E-state index contributed by atoms with van der Waals surface area (Å²) in [6.07, 6.45) is 0. The zero-order valence-corrected chi connectivity index (χ0v) is 36.5. The third kappa shape index (κ3) is 6.57. The molecule has 0 aliphatic heterocycles. The third-order valence-corrected chi connectivity index (χ3v) is 13.6. The first kappa shape index (κ1) is 38.5. The van der Waals surface area contributed by atoms with E-state index < -0.39 is 0 Å². The number of para-hydroxylation sites is 1. The van der Waals surface area contributed by atoms with E-state index in [9.17, 15) is 0 Å². The molecule has 308 valence electrons. The van der Waals surface area contributed by atoms with Crippen LogP contribution >= 0.6 is 0 Å². The number of hydrogen-bond acceptors (Lipinski definition) is 1. The lowest BCUT2D eigenvalue weighted by atomic mass is 9.82. The molecule has 65 heavy (non-hydrogen) atoms. The number of fused-ring (bicyclic) bond motifs is 6. The Morgan fingerprint density at radius 1 is 0.323 bits per heavy atom. The molecule has 0 amide bonds. The van der Waals surface area contributed by atoms with Crippen molar-refractivity contribution in [2.24, 2.45) is 0 Å². The van der Waals surface area contributed by atoms with Crippen molar-refractivity contribution in [1.82, 2.24) is 4.57 Å². The Hall–Kier alpha value is -8.20. The van der Waals surface area contributed by atoms with Gasteiger partial charge in [-0.15, -0.1) is 0 Å². The Balaban J connectivity index is 0.945. The Labute approximate surface area is 381 Å². The molecule has 2 heteroatoms. The lowest BCUT2D eigenvalue weighted by Gasteiger charge is -2.26. The molecule has 12 rings (SSSR count). The van der Waals surface area contributed by atoms with Crippen molar-refractivity contribution >= 4 is 38.9 Å². The van der Waals surface area contributed by atoms with Crippen LogP contribution in [0.3, 0.4) is 0 Å². The molecule has 1 aliphatic rings. The quantitative estimate of drug-likeness (QED) is 0.148. The van der Waals surface area contributed by atoms with Crippen molar-refractivity contribution in [3.8, 4) is 61.3 Å². The Bertz CT molecular complexity index is 3460. The number of nitrogens with zero attached hydrogens (tertiary/aromatic N) is 2. The number of anilines is 3. The standard InChI is InChI=1S/C63H46N2/c1-63(2)58-27-11-9-24-55(58)56-39-38-53(42-59(56)63)65-60-28-12-10-25-57(60)62-54(26-15-29-61(62)65)49-22-13-20-47(40-49)48-21-14-23-52(41-48)64(50-34-30-45(31-35-50)43-16-5-3-6-17-43)51-36-32-46(33-37-51)44-18-7-4-8-19-44/h3-42H,1-2H3. The van der Waals surface area contributed by atoms with Crippen LogP contribution in [0.15, 0.2) is 243 Å². The van der Waals surface area contributed by atoms with Crippen LogP contribution in [-0.4, -0.2) is 4.57 Å². The molecule has 0 saturated carbocycles. The van der Waals surface area contributed by atoms with Crippen molar-refractivity contribution in [3.63, 3.8) is 0 Å². The fraction of sp³-hybridized carbons (Fsp3) is 0.0476. The largest absolute Gasteiger partial charge is 0.310 e. The molecule has 1 heterocycles. The molecular formula is C63H46N2. The van der Waals surface area contributed by atoms with Gasteiger partial charge in [0.05, 0.1) is 11.0 Å². The lowest BCUT2D eigenvalue weighted by Crippen LogP contribution is -2.15. The van der Waals surface area contributed by atoms with E-state index in [0.29, 0.717) is 0 Å². The highest BCUT2D eigenvalue weighted by Crippen LogP contribution is 2.50. The van der Waals surface area contributed by atoms with Crippen LogP contribution in [0.4, 0.5) is 17.1 Å². The summed E-state index contributed by atoms with van der Waals surface area (Å²) in [5, 5.41) is 2.52. The minimum absolute atomic E-state index is 0.0827. The van der Waals surface area contributed by atoms with Gasteiger partial charge in [0.2, 0.25) is 0 Å². The van der Waals surface area contributed by atoms with Crippen molar-refractivity contribution in [1.29, 1.82) is 0 Å². The molecule has 0 spiro atoms. The van der Waals surface area contributed by atoms with Crippen LogP contribution in [0.1, 0.15) is 25.0 Å². The van der Waals surface area contributed by atoms with E-state index >= 15 is 0 Å². The van der Waals surface area contributed by atoms with Gasteiger partial charge in [-0.2, -0.15) is 0 Å². The average Bonchev–Trinajstić information content (AvgIpc) is 3.83. The predicted octanol–water partition coefficient (Wildman–Crippen LogP) is 17.2. The van der Waals surface area contributed by atoms with Crippen molar-refractivity contribution in [2.75, 3.05) is 4.90 Å². The van der Waals surface area contributed by atoms with Crippen LogP contribution in [0, 0.1) is 0 Å². The second kappa shape index (κ2) is 15.6. The molecular weight excluding hydrogens is 785 g/mol. The maximum absolute atomic E-state index is 2.47. The molecule has 0 saturated heterocycles. The van der Waals surface area contributed by atoms with Crippen LogP contribution in [-0.2, 0) is 5.41 Å². The first-order chi connectivity index (χ1) is 32.0. The summed E-state index contributed by atoms with van der Waals surface area (Å²) in [6, 6.07) is 88.7. The van der Waals surface area contributed by atoms with Crippen LogP contribution in [0.5, 0.6) is 0 Å². The summed E-state index contributed by atoms with van der Waals surface area (Å²) in [6.45, 7) is 4.72. The maximum Gasteiger partial charge on any atom is 0.0547 e. The normalized spacial score (nSPS) is 12.6. The summed E-state index contributed by atoms with van der Waals surface area (Å²) >= 11 is 0. The first-order valence-electron chi connectivity index (χ1n) is 22.6. The molecule has 11 aromatic rings. The summed E-state index contributed by atoms with van der Waals surface area (Å²) in [4.78, 5) is 2.37. The molecule has 0 fully saturated rings. The van der Waals surface area contributed by atoms with Gasteiger partial charge in [0.1, 0.15) is 0 Å². The Morgan fingerprint density at radius 2 is 0.831 bits per heavy atom. The van der Waals surface area contributed by atoms with E-state index in [2.05, 4.69) is 266 Å². The fourth-order valence-corrected chi connectivity index (χ4v) is 10.4. The van der Waals surface area contributed by atoms with Gasteiger partial charge in [0.25, 0.3) is 0 Å². The summed E-state index contributed by atoms with van der Waals surface area (Å²) in [5.41, 5.74) is 21.8. The van der Waals surface area contributed by atoms with E-state index in [-0.39, 0.29) is 5.41 Å². The molecule has 0 atom stereocenters. The van der Waals surface area contributed by atoms with E-state index in [1.54, 1.807) is 0 Å². The molecule has 10 aromatic carbocycles. The highest BCUT2D eigenvalue weighted by molar-refractivity contribution is 6.16. The summed E-state index contributed by atoms with van der Waals surface area (Å²) in [7, 11) is 0. The molecule has 0 unspecified atom stereocenters. The van der Waals surface area contributed by atoms with E-state index in [1.165, 1.54) is 88.7 Å². The Morgan fingerprint density at radius 3 is 1.54 bits per heavy atom. The van der Waals surface area contributed by atoms with Gasteiger partial charge in [-0.25, -0.2) is 0 Å². The van der Waals surface area contributed by atoms with E-state index in [4.69, 9.17) is 0 Å². The highest BCUT2D eigenvalue weighted by Gasteiger charge is 2.35. The van der Waals surface area contributed by atoms with Gasteiger partial charge in [0.15, 0.2) is 0 Å². The summed E-state index contributed by atoms with van der Waals surface area (Å²) in [5.74, 6) is 0. The molecule has 2 nitrogen and oxygen atoms in total. The van der Waals surface area contributed by atoms with Gasteiger partial charge >= 0.3 is 0 Å². The maximum atomic E-state index is 2.47. The van der Waals surface area contributed by atoms with Crippen LogP contribution in [0.2, 0.25) is 0 Å². The number of hydrogen-bond donors (Lipinski definition) is 0. The summed E-state index contributed by atoms with van der Waals surface area (Å²) < 4.78 is 2.47. The second-order valence-corrected chi connectivity index (χ2v) is 17.7. The molecule has 0 radical (unpaired) electrons. The van der Waals surface area contributed by atoms with Crippen molar-refractivity contribution in [2.45, 2.75) is 19.3 Å². The van der Waals surface area contributed by atoms with Crippen LogP contribution in [0.25, 0.3) is 83.1 Å². The van der Waals surface area contributed by atoms with Crippen molar-refractivity contribution in [3.05, 3.63) is 254 Å². The van der Waals surface area contributed by atoms with Gasteiger partial charge in [0, 0.05) is 38.9 Å². The highest BCUT2D eigenvalue weighted by atomic mass is 15.1. The second-order valence-electron chi connectivity index (χ2n) is 17.7. The topological polar surface area (TPSA) is 8.17 Å². The van der Waals surface area contributed by atoms with E-state index in [1.807, 2.05) is 0 Å². The van der Waals surface area contributed by atoms with Gasteiger partial charge in [-0.1, -0.05) is 190 Å². The molecule has 0 bridgehead atoms. The monoisotopic (exact) mass is 830 g/mol. The molecule has 1 aromatic heterocycles. The van der Waals surface area contributed by atoms with E-state index in [0.717, 1.165) is 22.6 Å². The Kier molecular flexibility index (Phi) is 9.21. The number of benzene rings is 10. The molecule has 1 aliphatic carbocycles. The van der Waals surface area contributed by atoms with Gasteiger partial charge in [-0.05, 0) is 133 Å². The lowest BCUT2D eigenvalue weighted by molar-refractivity contribution is 0.660. The fourth-order valence-electron chi connectivity index (χ4n) is 10.4. The SMILES string of the molecule is CC1(C)c2ccccc2-c2ccc(-n3c4ccccc4c4c(-c5cccc(-c6cccc(N(c7ccc(-c8ccccc8)cc7)c7ccc(-c8ccccc8)cc7)c6)c5)cccc43)cc21. The minimum atomic E-state index is -0.0827. The zero-order valence-electron chi connectivity index (χ0n) is 36.5. The van der Waals surface area contributed by atoms with Gasteiger partial charge in [-0.3, -0.25) is 0 Å². The van der Waals surface area contributed by atoms with Crippen molar-refractivity contribution < 1.29 is 0 Å². The first-order valence-corrected chi connectivity index (χ1v) is 22.6. The zero-order chi connectivity index (χ0) is 43.5.